The van der Waals surface area contributed by atoms with Gasteiger partial charge in [0.25, 0.3) is 5.91 Å². The summed E-state index contributed by atoms with van der Waals surface area (Å²) in [4.78, 5) is 37.5. The van der Waals surface area contributed by atoms with Crippen molar-refractivity contribution in [1.29, 1.82) is 0 Å². The standard InChI is InChI=1S/C24H20F3N5O6S/c1-13(30-22(33)15-9-16(38-24(25,26)27)11-17(10-15)39(3,35)36)20-31-18-5-4-8-28-21(18)32(20)19-7-6-14(12-29-19)23(34)37-2/h4-13H,1-3H3,(H,30,33). The first kappa shape index (κ1) is 27.5. The van der Waals surface area contributed by atoms with Gasteiger partial charge < -0.3 is 14.8 Å². The third-order valence-corrected chi connectivity index (χ3v) is 6.47. The lowest BCUT2D eigenvalue weighted by Gasteiger charge is -2.17. The van der Waals surface area contributed by atoms with Gasteiger partial charge >= 0.3 is 12.3 Å². The molecule has 0 radical (unpaired) electrons. The summed E-state index contributed by atoms with van der Waals surface area (Å²) in [6.07, 6.45) is -1.50. The number of sulfone groups is 1. The van der Waals surface area contributed by atoms with Crippen LogP contribution in [0.4, 0.5) is 13.2 Å². The molecule has 0 bridgehead atoms. The highest BCUT2D eigenvalue weighted by molar-refractivity contribution is 7.90. The Morgan fingerprint density at radius 1 is 1.08 bits per heavy atom. The smallest absolute Gasteiger partial charge is 0.465 e. The third kappa shape index (κ3) is 6.14. The van der Waals surface area contributed by atoms with Crippen LogP contribution in [0.2, 0.25) is 0 Å². The zero-order valence-corrected chi connectivity index (χ0v) is 21.4. The predicted molar refractivity (Wildman–Crippen MR) is 130 cm³/mol. The van der Waals surface area contributed by atoms with E-state index in [0.717, 1.165) is 18.4 Å². The number of rotatable bonds is 7. The van der Waals surface area contributed by atoms with Crippen molar-refractivity contribution in [3.8, 4) is 11.6 Å². The lowest BCUT2D eigenvalue weighted by molar-refractivity contribution is -0.274. The van der Waals surface area contributed by atoms with E-state index in [-0.39, 0.29) is 17.0 Å². The maximum Gasteiger partial charge on any atom is 0.573 e. The van der Waals surface area contributed by atoms with Gasteiger partial charge in [0.2, 0.25) is 0 Å². The van der Waals surface area contributed by atoms with E-state index in [1.807, 2.05) is 0 Å². The van der Waals surface area contributed by atoms with Crippen LogP contribution in [0.25, 0.3) is 17.0 Å². The summed E-state index contributed by atoms with van der Waals surface area (Å²) in [6.45, 7) is 1.56. The maximum absolute atomic E-state index is 13.1. The maximum atomic E-state index is 13.1. The molecule has 4 rings (SSSR count). The largest absolute Gasteiger partial charge is 0.573 e. The van der Waals surface area contributed by atoms with Gasteiger partial charge in [0, 0.05) is 24.2 Å². The van der Waals surface area contributed by atoms with Crippen LogP contribution in [0.15, 0.2) is 59.8 Å². The summed E-state index contributed by atoms with van der Waals surface area (Å²) in [6, 6.07) is 7.86. The van der Waals surface area contributed by atoms with Crippen LogP contribution < -0.4 is 10.1 Å². The minimum absolute atomic E-state index is 0.198. The summed E-state index contributed by atoms with van der Waals surface area (Å²) in [7, 11) is -2.75. The van der Waals surface area contributed by atoms with E-state index < -0.39 is 44.8 Å². The molecule has 0 saturated heterocycles. The van der Waals surface area contributed by atoms with Crippen molar-refractivity contribution in [2.45, 2.75) is 24.2 Å². The molecular formula is C24H20F3N5O6S. The van der Waals surface area contributed by atoms with Gasteiger partial charge in [-0.1, -0.05) is 0 Å². The number of pyridine rings is 2. The van der Waals surface area contributed by atoms with E-state index in [0.29, 0.717) is 23.0 Å². The molecule has 39 heavy (non-hydrogen) atoms. The number of carbonyl (C=O) groups is 2. The molecule has 0 saturated carbocycles. The third-order valence-electron chi connectivity index (χ3n) is 5.38. The number of amides is 1. The van der Waals surface area contributed by atoms with Gasteiger partial charge in [-0.2, -0.15) is 0 Å². The molecule has 0 aliphatic carbocycles. The fourth-order valence-corrected chi connectivity index (χ4v) is 4.33. The number of carbonyl (C=O) groups excluding carboxylic acids is 2. The van der Waals surface area contributed by atoms with Crippen LogP contribution in [0.5, 0.6) is 5.75 Å². The number of esters is 1. The Balaban J connectivity index is 1.72. The van der Waals surface area contributed by atoms with E-state index >= 15 is 0 Å². The number of benzene rings is 1. The number of nitrogens with zero attached hydrogens (tertiary/aromatic N) is 4. The van der Waals surface area contributed by atoms with Crippen LogP contribution in [0.3, 0.4) is 0 Å². The highest BCUT2D eigenvalue weighted by Crippen LogP contribution is 2.28. The lowest BCUT2D eigenvalue weighted by atomic mass is 10.2. The summed E-state index contributed by atoms with van der Waals surface area (Å²) >= 11 is 0. The number of hydrogen-bond acceptors (Lipinski definition) is 9. The van der Waals surface area contributed by atoms with Gasteiger partial charge in [-0.25, -0.2) is 28.2 Å². The number of halogens is 3. The number of ether oxygens (including phenoxy) is 2. The first-order valence-corrected chi connectivity index (χ1v) is 13.0. The van der Waals surface area contributed by atoms with Gasteiger partial charge in [-0.3, -0.25) is 9.36 Å². The molecule has 0 spiro atoms. The molecule has 3 aromatic heterocycles. The molecule has 1 N–H and O–H groups in total. The molecular weight excluding hydrogens is 543 g/mol. The molecule has 204 valence electrons. The fourth-order valence-electron chi connectivity index (χ4n) is 3.66. The summed E-state index contributed by atoms with van der Waals surface area (Å²) in [5, 5.41) is 2.61. The van der Waals surface area contributed by atoms with Crippen molar-refractivity contribution in [3.05, 3.63) is 71.8 Å². The molecule has 3 heterocycles. The van der Waals surface area contributed by atoms with Crippen molar-refractivity contribution in [2.75, 3.05) is 13.4 Å². The summed E-state index contributed by atoms with van der Waals surface area (Å²) < 4.78 is 72.6. The fraction of sp³-hybridized carbons (Fsp3) is 0.208. The van der Waals surface area contributed by atoms with E-state index in [1.54, 1.807) is 19.1 Å². The van der Waals surface area contributed by atoms with Gasteiger partial charge in [-0.05, 0) is 49.4 Å². The van der Waals surface area contributed by atoms with Crippen LogP contribution in [-0.2, 0) is 14.6 Å². The monoisotopic (exact) mass is 563 g/mol. The van der Waals surface area contributed by atoms with Crippen LogP contribution in [0, 0.1) is 0 Å². The number of methoxy groups -OCH3 is 1. The second-order valence-corrected chi connectivity index (χ2v) is 10.3. The summed E-state index contributed by atoms with van der Waals surface area (Å²) in [5.41, 5.74) is 0.647. The molecule has 1 unspecified atom stereocenters. The first-order valence-electron chi connectivity index (χ1n) is 11.1. The van der Waals surface area contributed by atoms with E-state index in [2.05, 4.69) is 29.7 Å². The highest BCUT2D eigenvalue weighted by atomic mass is 32.2. The number of aromatic nitrogens is 4. The SMILES string of the molecule is COC(=O)c1ccc(-n2c(C(C)NC(=O)c3cc(OC(F)(F)F)cc(S(C)(=O)=O)c3)nc3cccnc32)nc1. The van der Waals surface area contributed by atoms with E-state index in [9.17, 15) is 31.2 Å². The molecule has 11 nitrogen and oxygen atoms in total. The normalized spacial score (nSPS) is 12.7. The number of nitrogens with one attached hydrogen (secondary N) is 1. The van der Waals surface area contributed by atoms with Crippen LogP contribution in [0.1, 0.15) is 39.5 Å². The summed E-state index contributed by atoms with van der Waals surface area (Å²) in [5.74, 6) is -1.79. The average molecular weight is 564 g/mol. The molecule has 0 aliphatic rings. The number of alkyl halides is 3. The van der Waals surface area contributed by atoms with Crippen molar-refractivity contribution < 1.29 is 40.7 Å². The van der Waals surface area contributed by atoms with Crippen molar-refractivity contribution in [3.63, 3.8) is 0 Å². The van der Waals surface area contributed by atoms with Gasteiger partial charge in [0.05, 0.1) is 23.6 Å². The Labute approximate surface area is 219 Å². The van der Waals surface area contributed by atoms with E-state index in [4.69, 9.17) is 0 Å². The molecule has 15 heteroatoms. The number of fused-ring (bicyclic) bond motifs is 1. The minimum Gasteiger partial charge on any atom is -0.465 e. The quantitative estimate of drug-likeness (QED) is 0.335. The van der Waals surface area contributed by atoms with Gasteiger partial charge in [0.15, 0.2) is 15.5 Å². The van der Waals surface area contributed by atoms with Gasteiger partial charge in [0.1, 0.15) is 22.9 Å². The first-order chi connectivity index (χ1) is 18.3. The second-order valence-electron chi connectivity index (χ2n) is 8.26. The second kappa shape index (κ2) is 10.3. The zero-order valence-electron chi connectivity index (χ0n) is 20.6. The molecule has 0 fully saturated rings. The average Bonchev–Trinajstić information content (AvgIpc) is 3.26. The predicted octanol–water partition coefficient (Wildman–Crippen LogP) is 3.40. The lowest BCUT2D eigenvalue weighted by Crippen LogP contribution is -2.29. The Hall–Kier alpha value is -4.53. The van der Waals surface area contributed by atoms with Crippen LogP contribution >= 0.6 is 0 Å². The van der Waals surface area contributed by atoms with Crippen molar-refractivity contribution in [2.24, 2.45) is 0 Å². The number of hydrogen-bond donors (Lipinski definition) is 1. The Bertz CT molecular complexity index is 1670. The molecule has 4 aromatic rings. The topological polar surface area (TPSA) is 142 Å². The number of imidazole rings is 1. The van der Waals surface area contributed by atoms with Crippen molar-refractivity contribution in [1.82, 2.24) is 24.8 Å². The highest BCUT2D eigenvalue weighted by Gasteiger charge is 2.32. The molecule has 1 amide bonds. The Kier molecular flexibility index (Phi) is 7.28. The van der Waals surface area contributed by atoms with Crippen LogP contribution in [-0.4, -0.2) is 59.5 Å². The minimum atomic E-state index is -5.11. The van der Waals surface area contributed by atoms with E-state index in [1.165, 1.54) is 36.2 Å². The molecule has 1 aromatic carbocycles. The van der Waals surface area contributed by atoms with Crippen molar-refractivity contribution >= 4 is 32.9 Å². The van der Waals surface area contributed by atoms with Gasteiger partial charge in [-0.15, -0.1) is 13.2 Å². The Morgan fingerprint density at radius 2 is 1.82 bits per heavy atom. The zero-order chi connectivity index (χ0) is 28.5. The molecule has 0 aliphatic heterocycles. The molecule has 1 atom stereocenters. The Morgan fingerprint density at radius 3 is 2.44 bits per heavy atom.